The lowest BCUT2D eigenvalue weighted by atomic mass is 11.0. The molecule has 0 radical (unpaired) electrons. The minimum Gasteiger partial charge on any atom is -0.188 e. The van der Waals surface area contributed by atoms with Crippen molar-refractivity contribution in [2.75, 3.05) is 0 Å². The molecule has 0 heterocycles. The van der Waals surface area contributed by atoms with Crippen LogP contribution in [0.15, 0.2) is 0 Å². The van der Waals surface area contributed by atoms with Crippen LogP contribution in [0, 0.1) is 0 Å². The molecule has 15 heavy (non-hydrogen) atoms. The second kappa shape index (κ2) is 3.75. The lowest BCUT2D eigenvalue weighted by Crippen LogP contribution is -2.11. The van der Waals surface area contributed by atoms with Gasteiger partial charge in [-0.25, -0.2) is 0 Å². The summed E-state index contributed by atoms with van der Waals surface area (Å²) >= 11 is 0. The lowest BCUT2D eigenvalue weighted by Gasteiger charge is -2.10. The molecule has 0 aliphatic heterocycles. The van der Waals surface area contributed by atoms with Crippen molar-refractivity contribution >= 4 is 39.8 Å². The summed E-state index contributed by atoms with van der Waals surface area (Å²) in [6.45, 7) is 0.416. The van der Waals surface area contributed by atoms with E-state index < -0.39 is 34.0 Å². The molecule has 0 saturated carbocycles. The van der Waals surface area contributed by atoms with Gasteiger partial charge in [-0.15, -0.1) is 0 Å². The van der Waals surface area contributed by atoms with Gasteiger partial charge < -0.3 is 0 Å². The molecule has 0 aromatic heterocycles. The molecule has 0 rings (SSSR count). The first-order chi connectivity index (χ1) is 6.31. The van der Waals surface area contributed by atoms with Gasteiger partial charge in [-0.3, -0.25) is 0 Å². The van der Waals surface area contributed by atoms with Crippen molar-refractivity contribution in [1.29, 1.82) is 0 Å². The van der Waals surface area contributed by atoms with Crippen LogP contribution < -0.4 is 0 Å². The zero-order valence-electron chi connectivity index (χ0n) is 6.83. The standard InChI is InChI=1S/C2H4F3O6PS3/c1-2-12(13(3,6)7,14(4,8)9)15(5,10)11/h2H,1H3. The first kappa shape index (κ1) is 14.9. The van der Waals surface area contributed by atoms with E-state index in [2.05, 4.69) is 0 Å². The molecule has 92 valence electrons. The van der Waals surface area contributed by atoms with Gasteiger partial charge in [0.15, 0.2) is 0 Å². The third kappa shape index (κ3) is 2.22. The molecular formula is C2H4F3O6PS3. The summed E-state index contributed by atoms with van der Waals surface area (Å²) in [7, 11) is -19.4. The first-order valence-electron chi connectivity index (χ1n) is 2.85. The van der Waals surface area contributed by atoms with Crippen LogP contribution in [0.2, 0.25) is 0 Å². The van der Waals surface area contributed by atoms with Gasteiger partial charge in [-0.2, -0.15) is 25.3 Å². The van der Waals surface area contributed by atoms with Gasteiger partial charge in [0.2, 0.25) is 0 Å². The van der Waals surface area contributed by atoms with Crippen molar-refractivity contribution in [3.8, 4) is 0 Å². The van der Waals surface area contributed by atoms with Crippen LogP contribution >= 0.6 is 4.49 Å². The van der Waals surface area contributed by atoms with Gasteiger partial charge in [0.1, 0.15) is 0 Å². The van der Waals surface area contributed by atoms with Crippen molar-refractivity contribution < 1.29 is 36.9 Å². The van der Waals surface area contributed by atoms with Crippen molar-refractivity contribution in [2.24, 2.45) is 0 Å². The average Bonchev–Trinajstić information content (AvgIpc) is 1.76. The Morgan fingerprint density at radius 1 is 0.800 bits per heavy atom. The van der Waals surface area contributed by atoms with Crippen LogP contribution in [-0.2, 0) is 29.5 Å². The monoisotopic (exact) mass is 308 g/mol. The second-order valence-electron chi connectivity index (χ2n) is 2.03. The van der Waals surface area contributed by atoms with Crippen LogP contribution in [0.25, 0.3) is 0 Å². The molecule has 0 atom stereocenters. The Balaban J connectivity index is 6.95. The molecule has 0 N–H and O–H groups in total. The molecule has 13 heteroatoms. The normalized spacial score (nSPS) is 14.9. The van der Waals surface area contributed by atoms with E-state index in [-0.39, 0.29) is 5.80 Å². The van der Waals surface area contributed by atoms with Crippen LogP contribution in [0.5, 0.6) is 0 Å². The quantitative estimate of drug-likeness (QED) is 0.554. The summed E-state index contributed by atoms with van der Waals surface area (Å²) < 4.78 is 92.9. The predicted octanol–water partition coefficient (Wildman–Crippen LogP) is 0.469. The third-order valence-electron chi connectivity index (χ3n) is 1.23. The molecule has 0 aromatic rings. The van der Waals surface area contributed by atoms with E-state index in [1.165, 1.54) is 0 Å². The number of hydrogen-bond donors (Lipinski definition) is 0. The molecule has 0 spiro atoms. The molecule has 6 nitrogen and oxygen atoms in total. The van der Waals surface area contributed by atoms with Gasteiger partial charge in [-0.05, 0) is 12.7 Å². The van der Waals surface area contributed by atoms with Crippen LogP contribution in [0.1, 0.15) is 6.92 Å². The number of rotatable bonds is 3. The van der Waals surface area contributed by atoms with Crippen molar-refractivity contribution in [3.63, 3.8) is 0 Å². The Morgan fingerprint density at radius 2 is 1.00 bits per heavy atom. The summed E-state index contributed by atoms with van der Waals surface area (Å²) in [6.07, 6.45) is 0. The van der Waals surface area contributed by atoms with Crippen molar-refractivity contribution in [2.45, 2.75) is 6.92 Å². The summed E-state index contributed by atoms with van der Waals surface area (Å²) in [5.41, 5.74) is 0. The second-order valence-corrected chi connectivity index (χ2v) is 17.3. The molecule has 0 fully saturated rings. The van der Waals surface area contributed by atoms with E-state index in [9.17, 15) is 36.9 Å². The van der Waals surface area contributed by atoms with E-state index in [4.69, 9.17) is 0 Å². The summed E-state index contributed by atoms with van der Waals surface area (Å²) in [5, 5.41) is 0. The highest BCUT2D eigenvalue weighted by Gasteiger charge is 2.57. The largest absolute Gasteiger partial charge is 0.350 e. The van der Waals surface area contributed by atoms with Crippen molar-refractivity contribution in [1.82, 2.24) is 0 Å². The molecule has 0 aromatic carbocycles. The van der Waals surface area contributed by atoms with Crippen molar-refractivity contribution in [3.05, 3.63) is 0 Å². The van der Waals surface area contributed by atoms with E-state index in [1.54, 1.807) is 0 Å². The fraction of sp³-hybridized carbons (Fsp3) is 0.500. The molecule has 0 aliphatic rings. The Hall–Kier alpha value is -0.0600. The highest BCUT2D eigenvalue weighted by atomic mass is 33.4. The zero-order valence-corrected chi connectivity index (χ0v) is 10.2. The maximum atomic E-state index is 12.5. The Bertz CT molecular complexity index is 525. The summed E-state index contributed by atoms with van der Waals surface area (Å²) in [6, 6.07) is 0. The molecule has 0 saturated heterocycles. The molecule has 0 bridgehead atoms. The Kier molecular flexibility index (Phi) is 3.74. The molecule has 0 amide bonds. The van der Waals surface area contributed by atoms with Crippen LogP contribution in [0.3, 0.4) is 0 Å². The van der Waals surface area contributed by atoms with E-state index in [1.807, 2.05) is 0 Å². The van der Waals surface area contributed by atoms with E-state index in [0.717, 1.165) is 0 Å². The van der Waals surface area contributed by atoms with Gasteiger partial charge in [0.05, 0.1) is 0 Å². The summed E-state index contributed by atoms with van der Waals surface area (Å²) in [5.74, 6) is -0.340. The highest BCUT2D eigenvalue weighted by Crippen LogP contribution is 2.66. The molecule has 0 aliphatic carbocycles. The smallest absolute Gasteiger partial charge is 0.188 e. The minimum atomic E-state index is -6.46. The van der Waals surface area contributed by atoms with E-state index in [0.29, 0.717) is 6.92 Å². The predicted molar refractivity (Wildman–Crippen MR) is 48.7 cm³/mol. The Labute approximate surface area is 84.0 Å². The fourth-order valence-corrected chi connectivity index (χ4v) is 12.0. The SMILES string of the molecule is CC=P(S(=O)(=O)F)(S(=O)(=O)F)S(=O)(=O)F. The van der Waals surface area contributed by atoms with Gasteiger partial charge in [0.25, 0.3) is 0 Å². The Morgan fingerprint density at radius 3 is 1.00 bits per heavy atom. The molecule has 0 unspecified atom stereocenters. The van der Waals surface area contributed by atoms with E-state index >= 15 is 0 Å². The van der Waals surface area contributed by atoms with Gasteiger partial charge in [0, 0.05) is 0 Å². The maximum Gasteiger partial charge on any atom is 0.350 e. The number of halogens is 3. The summed E-state index contributed by atoms with van der Waals surface area (Å²) in [4.78, 5) is 0. The third-order valence-corrected chi connectivity index (χ3v) is 20.7. The van der Waals surface area contributed by atoms with Crippen LogP contribution in [-0.4, -0.2) is 31.0 Å². The number of hydrogen-bond acceptors (Lipinski definition) is 6. The minimum absolute atomic E-state index is 0.340. The lowest BCUT2D eigenvalue weighted by molar-refractivity contribution is 0.562. The van der Waals surface area contributed by atoms with Crippen LogP contribution in [0.4, 0.5) is 11.7 Å². The maximum absolute atomic E-state index is 12.5. The zero-order chi connectivity index (χ0) is 12.7. The topological polar surface area (TPSA) is 102 Å². The highest BCUT2D eigenvalue weighted by molar-refractivity contribution is 9.09. The molecular weight excluding hydrogens is 304 g/mol. The van der Waals surface area contributed by atoms with Gasteiger partial charge in [-0.1, -0.05) is 11.7 Å². The average molecular weight is 308 g/mol. The van der Waals surface area contributed by atoms with Gasteiger partial charge >= 0.3 is 34.0 Å². The fourth-order valence-electron chi connectivity index (χ4n) is 0.697. The first-order valence-corrected chi connectivity index (χ1v) is 10.7.